The Morgan fingerprint density at radius 3 is 2.55 bits per heavy atom. The highest BCUT2D eigenvalue weighted by molar-refractivity contribution is 5.90. The zero-order chi connectivity index (χ0) is 14.8. The first-order valence-electron chi connectivity index (χ1n) is 6.96. The van der Waals surface area contributed by atoms with Crippen LogP contribution in [0.1, 0.15) is 13.8 Å². The van der Waals surface area contributed by atoms with Crippen LogP contribution in [0.15, 0.2) is 0 Å². The second-order valence-corrected chi connectivity index (χ2v) is 5.67. The minimum atomic E-state index is -0.764. The number of hydrogen-bond acceptors (Lipinski definition) is 5. The fourth-order valence-electron chi connectivity index (χ4n) is 2.40. The van der Waals surface area contributed by atoms with Crippen molar-refractivity contribution in [3.63, 3.8) is 0 Å². The summed E-state index contributed by atoms with van der Waals surface area (Å²) >= 11 is 0. The van der Waals surface area contributed by atoms with Gasteiger partial charge in [-0.25, -0.2) is 0 Å². The van der Waals surface area contributed by atoms with Crippen LogP contribution in [0.25, 0.3) is 0 Å². The van der Waals surface area contributed by atoms with Crippen molar-refractivity contribution in [2.75, 3.05) is 39.5 Å². The fraction of sp³-hybridized carbons (Fsp3) is 0.846. The maximum Gasteiger partial charge on any atom is 0.245 e. The Labute approximate surface area is 118 Å². The second-order valence-electron chi connectivity index (χ2n) is 5.67. The Hall–Kier alpha value is -1.18. The van der Waals surface area contributed by atoms with E-state index in [-0.39, 0.29) is 17.9 Å². The predicted octanol–water partition coefficient (Wildman–Crippen LogP) is -1.29. The van der Waals surface area contributed by atoms with E-state index in [0.29, 0.717) is 39.5 Å². The standard InChI is InChI=1S/C13H23N3O4/c1-9(11(17)16-3-5-19-6-4-16)15-12(18)13(2)8-20-7-10(13)14/h9-10H,3-8,14H2,1-2H3,(H,15,18). The topological polar surface area (TPSA) is 93.9 Å². The first-order valence-corrected chi connectivity index (χ1v) is 6.96. The van der Waals surface area contributed by atoms with E-state index in [1.54, 1.807) is 18.7 Å². The third kappa shape index (κ3) is 2.94. The monoisotopic (exact) mass is 285 g/mol. The van der Waals surface area contributed by atoms with Crippen LogP contribution in [0.3, 0.4) is 0 Å². The predicted molar refractivity (Wildman–Crippen MR) is 71.9 cm³/mol. The van der Waals surface area contributed by atoms with Gasteiger partial charge >= 0.3 is 0 Å². The lowest BCUT2D eigenvalue weighted by atomic mass is 9.84. The summed E-state index contributed by atoms with van der Waals surface area (Å²) in [4.78, 5) is 26.2. The number of ether oxygens (including phenoxy) is 2. The largest absolute Gasteiger partial charge is 0.379 e. The third-order valence-corrected chi connectivity index (χ3v) is 4.08. The van der Waals surface area contributed by atoms with Gasteiger partial charge in [0.15, 0.2) is 0 Å². The molecule has 0 aliphatic carbocycles. The molecule has 0 aromatic carbocycles. The lowest BCUT2D eigenvalue weighted by molar-refractivity contribution is -0.141. The summed E-state index contributed by atoms with van der Waals surface area (Å²) in [5, 5.41) is 2.76. The quantitative estimate of drug-likeness (QED) is 0.673. The molecule has 0 spiro atoms. The Balaban J connectivity index is 1.91. The highest BCUT2D eigenvalue weighted by atomic mass is 16.5. The molecular weight excluding hydrogens is 262 g/mol. The summed E-state index contributed by atoms with van der Waals surface area (Å²) in [5.41, 5.74) is 5.15. The molecule has 7 nitrogen and oxygen atoms in total. The van der Waals surface area contributed by atoms with Crippen molar-refractivity contribution in [1.29, 1.82) is 0 Å². The lowest BCUT2D eigenvalue weighted by Crippen LogP contribution is -2.56. The molecule has 2 saturated heterocycles. The average Bonchev–Trinajstić information content (AvgIpc) is 2.80. The Morgan fingerprint density at radius 2 is 2.00 bits per heavy atom. The van der Waals surface area contributed by atoms with E-state index in [0.717, 1.165) is 0 Å². The molecule has 0 saturated carbocycles. The molecule has 2 amide bonds. The normalized spacial score (nSPS) is 31.9. The van der Waals surface area contributed by atoms with Crippen molar-refractivity contribution in [1.82, 2.24) is 10.2 Å². The minimum absolute atomic E-state index is 0.0854. The third-order valence-electron chi connectivity index (χ3n) is 4.08. The van der Waals surface area contributed by atoms with Gasteiger partial charge in [-0.2, -0.15) is 0 Å². The molecule has 2 aliphatic heterocycles. The van der Waals surface area contributed by atoms with Crippen molar-refractivity contribution < 1.29 is 19.1 Å². The summed E-state index contributed by atoms with van der Waals surface area (Å²) in [6, 6.07) is -0.904. The zero-order valence-corrected chi connectivity index (χ0v) is 12.1. The van der Waals surface area contributed by atoms with Crippen LogP contribution < -0.4 is 11.1 Å². The van der Waals surface area contributed by atoms with Crippen LogP contribution in [0.5, 0.6) is 0 Å². The molecule has 20 heavy (non-hydrogen) atoms. The summed E-state index contributed by atoms with van der Waals surface area (Å²) < 4.78 is 10.5. The molecule has 0 radical (unpaired) electrons. The number of morpholine rings is 1. The van der Waals surface area contributed by atoms with E-state index in [9.17, 15) is 9.59 Å². The fourth-order valence-corrected chi connectivity index (χ4v) is 2.40. The van der Waals surface area contributed by atoms with Gasteiger partial charge in [0.05, 0.1) is 31.8 Å². The molecule has 2 fully saturated rings. The van der Waals surface area contributed by atoms with Crippen LogP contribution in [0.2, 0.25) is 0 Å². The van der Waals surface area contributed by atoms with Crippen LogP contribution >= 0.6 is 0 Å². The van der Waals surface area contributed by atoms with Crippen molar-refractivity contribution in [2.45, 2.75) is 25.9 Å². The number of rotatable bonds is 3. The van der Waals surface area contributed by atoms with Gasteiger partial charge in [-0.3, -0.25) is 9.59 Å². The van der Waals surface area contributed by atoms with E-state index in [4.69, 9.17) is 15.2 Å². The number of carbonyl (C=O) groups is 2. The van der Waals surface area contributed by atoms with Crippen LogP contribution in [-0.4, -0.2) is 68.3 Å². The van der Waals surface area contributed by atoms with E-state index in [1.807, 2.05) is 0 Å². The molecule has 0 aromatic rings. The van der Waals surface area contributed by atoms with E-state index >= 15 is 0 Å². The van der Waals surface area contributed by atoms with Crippen molar-refractivity contribution in [3.05, 3.63) is 0 Å². The van der Waals surface area contributed by atoms with Gasteiger partial charge in [0.25, 0.3) is 0 Å². The number of nitrogens with one attached hydrogen (secondary N) is 1. The molecule has 0 aromatic heterocycles. The molecule has 0 bridgehead atoms. The maximum atomic E-state index is 12.3. The Morgan fingerprint density at radius 1 is 1.35 bits per heavy atom. The molecule has 3 atom stereocenters. The molecule has 2 rings (SSSR count). The summed E-state index contributed by atoms with van der Waals surface area (Å²) in [5.74, 6) is -0.311. The smallest absolute Gasteiger partial charge is 0.245 e. The highest BCUT2D eigenvalue weighted by Gasteiger charge is 2.45. The number of nitrogens with two attached hydrogens (primary N) is 1. The van der Waals surface area contributed by atoms with E-state index in [1.165, 1.54) is 0 Å². The average molecular weight is 285 g/mol. The Kier molecular flexibility index (Phi) is 4.62. The van der Waals surface area contributed by atoms with Crippen LogP contribution in [0, 0.1) is 5.41 Å². The molecule has 7 heteroatoms. The zero-order valence-electron chi connectivity index (χ0n) is 12.1. The molecule has 3 N–H and O–H groups in total. The number of hydrogen-bond donors (Lipinski definition) is 2. The van der Waals surface area contributed by atoms with Crippen LogP contribution in [-0.2, 0) is 19.1 Å². The van der Waals surface area contributed by atoms with Gasteiger partial charge in [0, 0.05) is 19.1 Å². The molecular formula is C13H23N3O4. The number of amides is 2. The SMILES string of the molecule is CC(NC(=O)C1(C)COCC1N)C(=O)N1CCOCC1. The maximum absolute atomic E-state index is 12.3. The second kappa shape index (κ2) is 6.07. The van der Waals surface area contributed by atoms with Gasteiger partial charge in [-0.1, -0.05) is 0 Å². The van der Waals surface area contributed by atoms with Gasteiger partial charge < -0.3 is 25.4 Å². The van der Waals surface area contributed by atoms with Gasteiger partial charge in [0.1, 0.15) is 6.04 Å². The molecule has 3 unspecified atom stereocenters. The molecule has 114 valence electrons. The number of nitrogens with zero attached hydrogens (tertiary/aromatic N) is 1. The summed E-state index contributed by atoms with van der Waals surface area (Å²) in [6.07, 6.45) is 0. The van der Waals surface area contributed by atoms with Crippen molar-refractivity contribution in [3.8, 4) is 0 Å². The highest BCUT2D eigenvalue weighted by Crippen LogP contribution is 2.27. The van der Waals surface area contributed by atoms with Gasteiger partial charge in [-0.15, -0.1) is 0 Å². The first-order chi connectivity index (χ1) is 9.45. The summed E-state index contributed by atoms with van der Waals surface area (Å²) in [7, 11) is 0. The van der Waals surface area contributed by atoms with Crippen molar-refractivity contribution in [2.24, 2.45) is 11.1 Å². The van der Waals surface area contributed by atoms with Gasteiger partial charge in [0.2, 0.25) is 11.8 Å². The van der Waals surface area contributed by atoms with Crippen molar-refractivity contribution >= 4 is 11.8 Å². The summed E-state index contributed by atoms with van der Waals surface area (Å²) in [6.45, 7) is 6.35. The lowest BCUT2D eigenvalue weighted by Gasteiger charge is -2.31. The van der Waals surface area contributed by atoms with E-state index in [2.05, 4.69) is 5.32 Å². The molecule has 2 aliphatic rings. The van der Waals surface area contributed by atoms with E-state index < -0.39 is 11.5 Å². The van der Waals surface area contributed by atoms with Gasteiger partial charge in [-0.05, 0) is 13.8 Å². The first kappa shape index (κ1) is 15.2. The molecule has 2 heterocycles. The Bertz CT molecular complexity index is 384. The number of carbonyl (C=O) groups excluding carboxylic acids is 2. The van der Waals surface area contributed by atoms with Crippen LogP contribution in [0.4, 0.5) is 0 Å². The minimum Gasteiger partial charge on any atom is -0.379 e.